The van der Waals surface area contributed by atoms with Crippen molar-refractivity contribution in [1.29, 1.82) is 0 Å². The number of hydrogen-bond acceptors (Lipinski definition) is 0. The van der Waals surface area contributed by atoms with E-state index in [1.807, 2.05) is 0 Å². The average molecular weight is 263 g/mol. The third-order valence-electron chi connectivity index (χ3n) is 4.87. The maximum atomic E-state index is 2.41. The molecule has 0 saturated heterocycles. The van der Waals surface area contributed by atoms with E-state index in [1.54, 1.807) is 15.9 Å². The minimum atomic E-state index is -0.545. The lowest BCUT2D eigenvalue weighted by molar-refractivity contribution is 0.448. The molecule has 0 spiro atoms. The van der Waals surface area contributed by atoms with Crippen molar-refractivity contribution in [2.24, 2.45) is 0 Å². The summed E-state index contributed by atoms with van der Waals surface area (Å²) in [6.45, 7) is 0. The minimum absolute atomic E-state index is 0.545. The van der Waals surface area contributed by atoms with Crippen molar-refractivity contribution >= 4 is 19.2 Å². The van der Waals surface area contributed by atoms with Crippen LogP contribution in [0.5, 0.6) is 0 Å². The SMILES string of the molecule is c1ccc([Si]2c3ccccc3[C@@H]3CCCCC32)cc1. The Morgan fingerprint density at radius 2 is 1.53 bits per heavy atom. The summed E-state index contributed by atoms with van der Waals surface area (Å²) >= 11 is 0. The molecular weight excluding hydrogens is 244 g/mol. The monoisotopic (exact) mass is 263 g/mol. The van der Waals surface area contributed by atoms with Gasteiger partial charge in [-0.3, -0.25) is 0 Å². The van der Waals surface area contributed by atoms with Crippen molar-refractivity contribution in [3.8, 4) is 0 Å². The lowest BCUT2D eigenvalue weighted by Gasteiger charge is -2.29. The van der Waals surface area contributed by atoms with E-state index in [9.17, 15) is 0 Å². The highest BCUT2D eigenvalue weighted by Crippen LogP contribution is 2.47. The highest BCUT2D eigenvalue weighted by atomic mass is 28.3. The molecular formula is C18H19Si. The number of rotatable bonds is 1. The molecule has 2 aromatic rings. The van der Waals surface area contributed by atoms with Gasteiger partial charge < -0.3 is 0 Å². The van der Waals surface area contributed by atoms with Crippen molar-refractivity contribution in [2.75, 3.05) is 0 Å². The van der Waals surface area contributed by atoms with Crippen LogP contribution in [0.2, 0.25) is 5.54 Å². The predicted molar refractivity (Wildman–Crippen MR) is 82.9 cm³/mol. The van der Waals surface area contributed by atoms with Crippen molar-refractivity contribution in [1.82, 2.24) is 0 Å². The Kier molecular flexibility index (Phi) is 2.81. The number of fused-ring (bicyclic) bond motifs is 3. The second kappa shape index (κ2) is 4.64. The molecule has 0 aromatic heterocycles. The topological polar surface area (TPSA) is 0 Å². The summed E-state index contributed by atoms with van der Waals surface area (Å²) in [7, 11) is -0.545. The van der Waals surface area contributed by atoms with E-state index in [4.69, 9.17) is 0 Å². The summed E-state index contributed by atoms with van der Waals surface area (Å²) in [5.74, 6) is 0.860. The molecule has 1 saturated carbocycles. The van der Waals surface area contributed by atoms with E-state index in [0.717, 1.165) is 11.5 Å². The van der Waals surface area contributed by atoms with Gasteiger partial charge in [0.1, 0.15) is 8.80 Å². The van der Waals surface area contributed by atoms with Crippen LogP contribution < -0.4 is 10.4 Å². The summed E-state index contributed by atoms with van der Waals surface area (Å²) < 4.78 is 0. The van der Waals surface area contributed by atoms with Crippen molar-refractivity contribution in [3.63, 3.8) is 0 Å². The second-order valence-electron chi connectivity index (χ2n) is 5.86. The van der Waals surface area contributed by atoms with Gasteiger partial charge in [0.2, 0.25) is 0 Å². The molecule has 2 atom stereocenters. The van der Waals surface area contributed by atoms with Crippen molar-refractivity contribution in [3.05, 3.63) is 60.2 Å². The van der Waals surface area contributed by atoms with Gasteiger partial charge in [-0.25, -0.2) is 0 Å². The van der Waals surface area contributed by atoms with Gasteiger partial charge in [0.05, 0.1) is 0 Å². The lowest BCUT2D eigenvalue weighted by Crippen LogP contribution is -2.43. The molecule has 1 heterocycles. The maximum Gasteiger partial charge on any atom is 0.125 e. The van der Waals surface area contributed by atoms with Gasteiger partial charge >= 0.3 is 0 Å². The molecule has 4 rings (SSSR count). The molecule has 1 aliphatic heterocycles. The van der Waals surface area contributed by atoms with Gasteiger partial charge in [-0.2, -0.15) is 0 Å². The molecule has 0 N–H and O–H groups in total. The van der Waals surface area contributed by atoms with Gasteiger partial charge in [0, 0.05) is 0 Å². The molecule has 1 aliphatic carbocycles. The first-order valence-electron chi connectivity index (χ1n) is 7.47. The molecule has 1 fully saturated rings. The van der Waals surface area contributed by atoms with E-state index in [0.29, 0.717) is 0 Å². The van der Waals surface area contributed by atoms with Crippen LogP contribution in [0.4, 0.5) is 0 Å². The fraction of sp³-hybridized carbons (Fsp3) is 0.333. The molecule has 0 nitrogen and oxygen atoms in total. The van der Waals surface area contributed by atoms with Crippen molar-refractivity contribution < 1.29 is 0 Å². The van der Waals surface area contributed by atoms with E-state index < -0.39 is 8.80 Å². The first-order chi connectivity index (χ1) is 9.45. The Balaban J connectivity index is 1.85. The molecule has 0 bridgehead atoms. The first-order valence-corrected chi connectivity index (χ1v) is 9.04. The van der Waals surface area contributed by atoms with Gasteiger partial charge in [-0.1, -0.05) is 84.2 Å². The Hall–Kier alpha value is -1.34. The fourth-order valence-electron chi connectivity index (χ4n) is 4.10. The van der Waals surface area contributed by atoms with E-state index in [2.05, 4.69) is 54.6 Å². The standard InChI is InChI=1S/C18H19Si/c1-2-8-14(9-3-1)19-17-12-6-4-10-15(17)16-11-5-7-13-18(16)19/h1-4,6,8-10,12,16,18H,5,7,11,13H2/t16-,18?/m0/s1. The third-order valence-corrected chi connectivity index (χ3v) is 8.30. The summed E-state index contributed by atoms with van der Waals surface area (Å²) in [6, 6.07) is 20.6. The molecule has 95 valence electrons. The zero-order valence-corrected chi connectivity index (χ0v) is 12.2. The smallest absolute Gasteiger partial charge is 0.0628 e. The summed E-state index contributed by atoms with van der Waals surface area (Å²) in [6.07, 6.45) is 5.74. The van der Waals surface area contributed by atoms with Crippen LogP contribution in [-0.4, -0.2) is 8.80 Å². The lowest BCUT2D eigenvalue weighted by atomic mass is 9.84. The highest BCUT2D eigenvalue weighted by molar-refractivity contribution is 6.87. The normalized spacial score (nSPS) is 25.9. The molecule has 1 radical (unpaired) electrons. The summed E-state index contributed by atoms with van der Waals surface area (Å²) in [5, 5.41) is 3.32. The zero-order valence-electron chi connectivity index (χ0n) is 11.2. The molecule has 19 heavy (non-hydrogen) atoms. The van der Waals surface area contributed by atoms with E-state index in [-0.39, 0.29) is 0 Å². The van der Waals surface area contributed by atoms with Gasteiger partial charge in [0.15, 0.2) is 0 Å². The minimum Gasteiger partial charge on any atom is -0.0628 e. The van der Waals surface area contributed by atoms with Crippen LogP contribution in [0.15, 0.2) is 54.6 Å². The molecule has 0 amide bonds. The Morgan fingerprint density at radius 3 is 2.42 bits per heavy atom. The largest absolute Gasteiger partial charge is 0.125 e. The van der Waals surface area contributed by atoms with E-state index >= 15 is 0 Å². The van der Waals surface area contributed by atoms with Crippen LogP contribution >= 0.6 is 0 Å². The molecule has 1 unspecified atom stereocenters. The average Bonchev–Trinajstić information content (AvgIpc) is 2.83. The first kappa shape index (κ1) is 11.5. The number of hydrogen-bond donors (Lipinski definition) is 0. The quantitative estimate of drug-likeness (QED) is 0.692. The Labute approximate surface area is 117 Å². The van der Waals surface area contributed by atoms with Crippen LogP contribution in [0.1, 0.15) is 37.2 Å². The van der Waals surface area contributed by atoms with Crippen molar-refractivity contribution in [2.45, 2.75) is 37.1 Å². The molecule has 1 heteroatoms. The Morgan fingerprint density at radius 1 is 0.789 bits per heavy atom. The van der Waals surface area contributed by atoms with Crippen LogP contribution in [0, 0.1) is 0 Å². The summed E-state index contributed by atoms with van der Waals surface area (Å²) in [4.78, 5) is 0. The summed E-state index contributed by atoms with van der Waals surface area (Å²) in [5.41, 5.74) is 2.63. The molecule has 2 aliphatic rings. The van der Waals surface area contributed by atoms with E-state index in [1.165, 1.54) is 25.7 Å². The van der Waals surface area contributed by atoms with Gasteiger partial charge in [-0.05, 0) is 23.4 Å². The second-order valence-corrected chi connectivity index (χ2v) is 8.55. The van der Waals surface area contributed by atoms with Crippen LogP contribution in [-0.2, 0) is 0 Å². The fourth-order valence-corrected chi connectivity index (χ4v) is 7.89. The zero-order chi connectivity index (χ0) is 12.7. The van der Waals surface area contributed by atoms with Gasteiger partial charge in [-0.15, -0.1) is 0 Å². The number of benzene rings is 2. The maximum absolute atomic E-state index is 2.41. The predicted octanol–water partition coefficient (Wildman–Crippen LogP) is 3.34. The van der Waals surface area contributed by atoms with Gasteiger partial charge in [0.25, 0.3) is 0 Å². The van der Waals surface area contributed by atoms with Crippen LogP contribution in [0.3, 0.4) is 0 Å². The highest BCUT2D eigenvalue weighted by Gasteiger charge is 2.43. The third kappa shape index (κ3) is 1.79. The van der Waals surface area contributed by atoms with Crippen LogP contribution in [0.25, 0.3) is 0 Å². The molecule has 2 aromatic carbocycles. The Bertz CT molecular complexity index is 575.